The molecule has 2 amide bonds. The summed E-state index contributed by atoms with van der Waals surface area (Å²) in [7, 11) is 1.60. The van der Waals surface area contributed by atoms with Gasteiger partial charge in [-0.1, -0.05) is 6.07 Å². The van der Waals surface area contributed by atoms with Crippen molar-refractivity contribution in [3.63, 3.8) is 0 Å². The number of hydrogen-bond acceptors (Lipinski definition) is 5. The highest BCUT2D eigenvalue weighted by Crippen LogP contribution is 2.28. The lowest BCUT2D eigenvalue weighted by atomic mass is 10.2. The van der Waals surface area contributed by atoms with Gasteiger partial charge in [-0.3, -0.25) is 0 Å². The second-order valence-corrected chi connectivity index (χ2v) is 7.49. The fourth-order valence-electron chi connectivity index (χ4n) is 3.17. The summed E-state index contributed by atoms with van der Waals surface area (Å²) in [5.74, 6) is 0.445. The zero-order valence-corrected chi connectivity index (χ0v) is 16.8. The standard InChI is InChI=1S/C21H21FN4O2S/c1-28-18-4-2-3-17(13-18)23-20(27)25-9-11-26(12-10-25)21-24-19(14-29-21)15-5-7-16(22)8-6-15/h2-8,13-14H,9-12H2,1H3,(H,23,27). The van der Waals surface area contributed by atoms with Gasteiger partial charge in [-0.25, -0.2) is 14.2 Å². The normalized spacial score (nSPS) is 14.0. The van der Waals surface area contributed by atoms with Gasteiger partial charge in [0.05, 0.1) is 12.8 Å². The summed E-state index contributed by atoms with van der Waals surface area (Å²) in [6.07, 6.45) is 0. The first-order valence-corrected chi connectivity index (χ1v) is 10.2. The number of rotatable bonds is 4. The maximum atomic E-state index is 13.1. The molecule has 1 N–H and O–H groups in total. The molecule has 1 aliphatic rings. The summed E-state index contributed by atoms with van der Waals surface area (Å²) >= 11 is 1.56. The third-order valence-corrected chi connectivity index (χ3v) is 5.69. The van der Waals surface area contributed by atoms with E-state index in [0.29, 0.717) is 37.6 Å². The van der Waals surface area contributed by atoms with Crippen molar-refractivity contribution < 1.29 is 13.9 Å². The highest BCUT2D eigenvalue weighted by molar-refractivity contribution is 7.14. The number of anilines is 2. The van der Waals surface area contributed by atoms with E-state index in [2.05, 4.69) is 15.2 Å². The third-order valence-electron chi connectivity index (χ3n) is 4.79. The average molecular weight is 412 g/mol. The van der Waals surface area contributed by atoms with Gasteiger partial charge >= 0.3 is 6.03 Å². The fraction of sp³-hybridized carbons (Fsp3) is 0.238. The molecule has 2 heterocycles. The van der Waals surface area contributed by atoms with Crippen molar-refractivity contribution >= 4 is 28.2 Å². The number of amides is 2. The van der Waals surface area contributed by atoms with E-state index in [9.17, 15) is 9.18 Å². The van der Waals surface area contributed by atoms with Crippen molar-refractivity contribution in [2.45, 2.75) is 0 Å². The van der Waals surface area contributed by atoms with Crippen LogP contribution in [0.5, 0.6) is 5.75 Å². The zero-order valence-electron chi connectivity index (χ0n) is 16.0. The predicted molar refractivity (Wildman–Crippen MR) is 113 cm³/mol. The van der Waals surface area contributed by atoms with Crippen LogP contribution in [-0.2, 0) is 0 Å². The molecule has 29 heavy (non-hydrogen) atoms. The minimum Gasteiger partial charge on any atom is -0.497 e. The van der Waals surface area contributed by atoms with Gasteiger partial charge in [-0.05, 0) is 36.4 Å². The first-order valence-electron chi connectivity index (χ1n) is 9.29. The molecule has 1 aliphatic heterocycles. The molecule has 2 aromatic carbocycles. The monoisotopic (exact) mass is 412 g/mol. The quantitative estimate of drug-likeness (QED) is 0.694. The number of halogens is 1. The lowest BCUT2D eigenvalue weighted by molar-refractivity contribution is 0.208. The van der Waals surface area contributed by atoms with Gasteiger partial charge in [0.2, 0.25) is 0 Å². The molecule has 3 aromatic rings. The summed E-state index contributed by atoms with van der Waals surface area (Å²) < 4.78 is 18.3. The van der Waals surface area contributed by atoms with E-state index in [1.807, 2.05) is 23.6 Å². The van der Waals surface area contributed by atoms with Crippen LogP contribution >= 0.6 is 11.3 Å². The molecule has 0 saturated carbocycles. The number of nitrogens with zero attached hydrogens (tertiary/aromatic N) is 3. The second-order valence-electron chi connectivity index (χ2n) is 6.66. The Labute approximate surface area is 172 Å². The predicted octanol–water partition coefficient (Wildman–Crippen LogP) is 4.31. The van der Waals surface area contributed by atoms with Crippen molar-refractivity contribution in [3.05, 3.63) is 59.7 Å². The van der Waals surface area contributed by atoms with Crippen molar-refractivity contribution in [2.75, 3.05) is 43.5 Å². The van der Waals surface area contributed by atoms with E-state index < -0.39 is 0 Å². The van der Waals surface area contributed by atoms with Crippen molar-refractivity contribution in [1.29, 1.82) is 0 Å². The Morgan fingerprint density at radius 3 is 2.62 bits per heavy atom. The molecule has 4 rings (SSSR count). The van der Waals surface area contributed by atoms with E-state index in [0.717, 1.165) is 16.4 Å². The van der Waals surface area contributed by atoms with E-state index in [-0.39, 0.29) is 11.8 Å². The largest absolute Gasteiger partial charge is 0.497 e. The number of aromatic nitrogens is 1. The molecule has 0 bridgehead atoms. The maximum Gasteiger partial charge on any atom is 0.321 e. The zero-order chi connectivity index (χ0) is 20.2. The van der Waals surface area contributed by atoms with E-state index in [1.165, 1.54) is 12.1 Å². The first kappa shape index (κ1) is 19.2. The number of carbonyl (C=O) groups is 1. The molecular weight excluding hydrogens is 391 g/mol. The van der Waals surface area contributed by atoms with Crippen LogP contribution in [0, 0.1) is 5.82 Å². The minimum absolute atomic E-state index is 0.121. The van der Waals surface area contributed by atoms with E-state index >= 15 is 0 Å². The van der Waals surface area contributed by atoms with Crippen LogP contribution in [0.25, 0.3) is 11.3 Å². The van der Waals surface area contributed by atoms with Gasteiger partial charge in [0.1, 0.15) is 11.6 Å². The van der Waals surface area contributed by atoms with Gasteiger partial charge in [0.15, 0.2) is 5.13 Å². The molecule has 8 heteroatoms. The lowest BCUT2D eigenvalue weighted by Crippen LogP contribution is -2.50. The van der Waals surface area contributed by atoms with Crippen LogP contribution < -0.4 is 15.0 Å². The molecular formula is C21H21FN4O2S. The Morgan fingerprint density at radius 1 is 1.14 bits per heavy atom. The van der Waals surface area contributed by atoms with E-state index in [4.69, 9.17) is 4.74 Å². The van der Waals surface area contributed by atoms with Crippen LogP contribution in [0.4, 0.5) is 20.0 Å². The van der Waals surface area contributed by atoms with E-state index in [1.54, 1.807) is 41.5 Å². The summed E-state index contributed by atoms with van der Waals surface area (Å²) in [6.45, 7) is 2.65. The Hall–Kier alpha value is -3.13. The number of nitrogens with one attached hydrogen (secondary N) is 1. The second kappa shape index (κ2) is 8.48. The van der Waals surface area contributed by atoms with Crippen molar-refractivity contribution in [3.8, 4) is 17.0 Å². The molecule has 1 saturated heterocycles. The minimum atomic E-state index is -0.257. The number of urea groups is 1. The summed E-state index contributed by atoms with van der Waals surface area (Å²) in [5.41, 5.74) is 2.44. The maximum absolute atomic E-state index is 13.1. The molecule has 0 atom stereocenters. The molecule has 0 aliphatic carbocycles. The van der Waals surface area contributed by atoms with Gasteiger partial charge in [-0.15, -0.1) is 11.3 Å². The number of piperazine rings is 1. The Balaban J connectivity index is 1.34. The molecule has 1 fully saturated rings. The topological polar surface area (TPSA) is 57.7 Å². The lowest BCUT2D eigenvalue weighted by Gasteiger charge is -2.34. The molecule has 0 unspecified atom stereocenters. The van der Waals surface area contributed by atoms with Crippen LogP contribution in [0.1, 0.15) is 0 Å². The molecule has 1 aromatic heterocycles. The summed E-state index contributed by atoms with van der Waals surface area (Å²) in [4.78, 5) is 21.2. The summed E-state index contributed by atoms with van der Waals surface area (Å²) in [6, 6.07) is 13.5. The van der Waals surface area contributed by atoms with Gasteiger partial charge in [-0.2, -0.15) is 0 Å². The average Bonchev–Trinajstić information content (AvgIpc) is 3.25. The van der Waals surface area contributed by atoms with Crippen molar-refractivity contribution in [1.82, 2.24) is 9.88 Å². The number of benzene rings is 2. The summed E-state index contributed by atoms with van der Waals surface area (Å²) in [5, 5.41) is 5.81. The molecule has 150 valence electrons. The van der Waals surface area contributed by atoms with Gasteiger partial charge in [0.25, 0.3) is 0 Å². The van der Waals surface area contributed by atoms with Crippen LogP contribution in [-0.4, -0.2) is 49.2 Å². The Bertz CT molecular complexity index is 984. The third kappa shape index (κ3) is 4.48. The highest BCUT2D eigenvalue weighted by atomic mass is 32.1. The van der Waals surface area contributed by atoms with Crippen LogP contribution in [0.15, 0.2) is 53.9 Å². The number of carbonyl (C=O) groups excluding carboxylic acids is 1. The number of methoxy groups -OCH3 is 1. The fourth-order valence-corrected chi connectivity index (χ4v) is 4.06. The number of hydrogen-bond donors (Lipinski definition) is 1. The first-order chi connectivity index (χ1) is 14.1. The Morgan fingerprint density at radius 2 is 1.90 bits per heavy atom. The van der Waals surface area contributed by atoms with Crippen LogP contribution in [0.2, 0.25) is 0 Å². The molecule has 0 spiro atoms. The molecule has 6 nitrogen and oxygen atoms in total. The Kier molecular flexibility index (Phi) is 5.62. The van der Waals surface area contributed by atoms with Gasteiger partial charge in [0, 0.05) is 48.9 Å². The van der Waals surface area contributed by atoms with Gasteiger partial charge < -0.3 is 19.9 Å². The van der Waals surface area contributed by atoms with Crippen molar-refractivity contribution in [2.24, 2.45) is 0 Å². The SMILES string of the molecule is COc1cccc(NC(=O)N2CCN(c3nc(-c4ccc(F)cc4)cs3)CC2)c1. The van der Waals surface area contributed by atoms with Crippen LogP contribution in [0.3, 0.4) is 0 Å². The smallest absolute Gasteiger partial charge is 0.321 e. The molecule has 0 radical (unpaired) electrons. The number of ether oxygens (including phenoxy) is 1. The number of thiazole rings is 1. The highest BCUT2D eigenvalue weighted by Gasteiger charge is 2.23.